The number of nitrogens with zero attached hydrogens (tertiary/aromatic N) is 5. The summed E-state index contributed by atoms with van der Waals surface area (Å²) < 4.78 is 9.42. The number of hydrogen-bond donors (Lipinski definition) is 0. The SMILES string of the molecule is c1ccc(-n2c3ccccc3c3cc(-n4c5c6ccccc6n(-c6ccccc6)c5n5c6ccccc6nc45)ccc32)cc1. The van der Waals surface area contributed by atoms with Crippen LogP contribution in [0.1, 0.15) is 0 Å². The zero-order chi connectivity index (χ0) is 28.8. The molecule has 0 fully saturated rings. The fraction of sp³-hybridized carbons (Fsp3) is 0. The number of hydrogen-bond acceptors (Lipinski definition) is 1. The first kappa shape index (κ1) is 23.5. The van der Waals surface area contributed by atoms with Crippen molar-refractivity contribution < 1.29 is 0 Å². The fourth-order valence-electron chi connectivity index (χ4n) is 7.15. The summed E-state index contributed by atoms with van der Waals surface area (Å²) in [5.41, 5.74) is 11.2. The molecular formula is C39H25N5. The van der Waals surface area contributed by atoms with E-state index in [1.807, 2.05) is 0 Å². The lowest BCUT2D eigenvalue weighted by atomic mass is 10.1. The van der Waals surface area contributed by atoms with Crippen molar-refractivity contribution in [3.63, 3.8) is 0 Å². The van der Waals surface area contributed by atoms with E-state index in [-0.39, 0.29) is 0 Å². The minimum Gasteiger partial charge on any atom is -0.309 e. The number of rotatable bonds is 3. The van der Waals surface area contributed by atoms with Gasteiger partial charge < -0.3 is 4.57 Å². The van der Waals surface area contributed by atoms with Crippen molar-refractivity contribution in [1.82, 2.24) is 23.1 Å². The lowest BCUT2D eigenvalue weighted by Gasteiger charge is -2.09. The van der Waals surface area contributed by atoms with Crippen LogP contribution in [0.5, 0.6) is 0 Å². The molecule has 0 atom stereocenters. The topological polar surface area (TPSA) is 32.1 Å². The maximum Gasteiger partial charge on any atom is 0.221 e. The summed E-state index contributed by atoms with van der Waals surface area (Å²) >= 11 is 0. The number of aromatic nitrogens is 5. The summed E-state index contributed by atoms with van der Waals surface area (Å²) in [4.78, 5) is 5.25. The van der Waals surface area contributed by atoms with Crippen molar-refractivity contribution in [1.29, 1.82) is 0 Å². The molecule has 0 aliphatic carbocycles. The highest BCUT2D eigenvalue weighted by Crippen LogP contribution is 2.40. The molecule has 0 unspecified atom stereocenters. The van der Waals surface area contributed by atoms with Crippen LogP contribution in [0.2, 0.25) is 0 Å². The van der Waals surface area contributed by atoms with Gasteiger partial charge in [-0.1, -0.05) is 84.9 Å². The second-order valence-corrected chi connectivity index (χ2v) is 11.3. The Bertz CT molecular complexity index is 2700. The molecule has 5 heteroatoms. The van der Waals surface area contributed by atoms with Gasteiger partial charge in [0.05, 0.1) is 33.3 Å². The van der Waals surface area contributed by atoms with Crippen molar-refractivity contribution in [2.24, 2.45) is 0 Å². The molecule has 5 nitrogen and oxygen atoms in total. The smallest absolute Gasteiger partial charge is 0.221 e. The van der Waals surface area contributed by atoms with Gasteiger partial charge in [0.25, 0.3) is 0 Å². The van der Waals surface area contributed by atoms with Crippen LogP contribution < -0.4 is 0 Å². The second kappa shape index (κ2) is 8.72. The van der Waals surface area contributed by atoms with Crippen LogP contribution in [0.25, 0.3) is 77.7 Å². The van der Waals surface area contributed by atoms with E-state index in [0.717, 1.165) is 45.0 Å². The van der Waals surface area contributed by atoms with E-state index in [1.165, 1.54) is 32.7 Å². The second-order valence-electron chi connectivity index (χ2n) is 11.3. The molecule has 0 aliphatic rings. The Morgan fingerprint density at radius 1 is 0.386 bits per heavy atom. The summed E-state index contributed by atoms with van der Waals surface area (Å²) in [7, 11) is 0. The van der Waals surface area contributed by atoms with E-state index < -0.39 is 0 Å². The number of benzene rings is 6. The Labute approximate surface area is 252 Å². The van der Waals surface area contributed by atoms with Crippen molar-refractivity contribution >= 4 is 60.7 Å². The summed E-state index contributed by atoms with van der Waals surface area (Å²) in [6.07, 6.45) is 0. The zero-order valence-electron chi connectivity index (χ0n) is 23.7. The van der Waals surface area contributed by atoms with Crippen molar-refractivity contribution in [3.8, 4) is 17.1 Å². The van der Waals surface area contributed by atoms with Crippen molar-refractivity contribution in [2.45, 2.75) is 0 Å². The Hall–Kier alpha value is -6.07. The predicted octanol–water partition coefficient (Wildman–Crippen LogP) is 9.47. The number of imidazole rings is 2. The molecular weight excluding hydrogens is 538 g/mol. The molecule has 0 spiro atoms. The van der Waals surface area contributed by atoms with Crippen LogP contribution in [0, 0.1) is 0 Å². The zero-order valence-corrected chi connectivity index (χ0v) is 23.7. The van der Waals surface area contributed by atoms with Crippen LogP contribution in [0.3, 0.4) is 0 Å². The van der Waals surface area contributed by atoms with Gasteiger partial charge in [-0.15, -0.1) is 0 Å². The Morgan fingerprint density at radius 2 is 0.955 bits per heavy atom. The summed E-state index contributed by atoms with van der Waals surface area (Å²) in [5, 5.41) is 3.63. The monoisotopic (exact) mass is 563 g/mol. The molecule has 0 saturated heterocycles. The fourth-order valence-corrected chi connectivity index (χ4v) is 7.15. The molecule has 0 amide bonds. The number of fused-ring (bicyclic) bond motifs is 10. The first-order chi connectivity index (χ1) is 21.9. The standard InChI is InChI=1S/C39H25N5/c1-3-13-26(14-4-1)41-33-20-10-7-17-29(33)31-25-28(23-24-35(31)41)43-37-30-18-8-11-21-34(30)42(27-15-5-2-6-16-27)38(37)44-36-22-12-9-19-32(36)40-39(43)44/h1-25H. The van der Waals surface area contributed by atoms with Gasteiger partial charge in [-0.3, -0.25) is 13.5 Å². The third kappa shape index (κ3) is 3.05. The van der Waals surface area contributed by atoms with E-state index in [2.05, 4.69) is 170 Å². The van der Waals surface area contributed by atoms with Gasteiger partial charge in [-0.05, 0) is 66.7 Å². The maximum absolute atomic E-state index is 5.25. The molecule has 206 valence electrons. The largest absolute Gasteiger partial charge is 0.309 e. The normalized spacial score (nSPS) is 12.1. The third-order valence-electron chi connectivity index (χ3n) is 8.95. The lowest BCUT2D eigenvalue weighted by Crippen LogP contribution is -1.97. The molecule has 10 rings (SSSR count). The predicted molar refractivity (Wildman–Crippen MR) is 181 cm³/mol. The molecule has 44 heavy (non-hydrogen) atoms. The Morgan fingerprint density at radius 3 is 1.70 bits per heavy atom. The summed E-state index contributed by atoms with van der Waals surface area (Å²) in [5.74, 6) is 0.901. The summed E-state index contributed by atoms with van der Waals surface area (Å²) in [6, 6.07) is 53.9. The molecule has 4 aromatic heterocycles. The maximum atomic E-state index is 5.25. The van der Waals surface area contributed by atoms with E-state index in [4.69, 9.17) is 4.98 Å². The molecule has 10 aromatic rings. The van der Waals surface area contributed by atoms with Gasteiger partial charge in [-0.2, -0.15) is 0 Å². The molecule has 6 aromatic carbocycles. The average molecular weight is 564 g/mol. The van der Waals surface area contributed by atoms with Gasteiger partial charge in [0.2, 0.25) is 5.78 Å². The van der Waals surface area contributed by atoms with Crippen LogP contribution in [0.4, 0.5) is 0 Å². The molecule has 0 N–H and O–H groups in total. The van der Waals surface area contributed by atoms with E-state index in [9.17, 15) is 0 Å². The van der Waals surface area contributed by atoms with Crippen LogP contribution in [-0.2, 0) is 0 Å². The quantitative estimate of drug-likeness (QED) is 0.211. The van der Waals surface area contributed by atoms with Crippen LogP contribution in [-0.4, -0.2) is 23.1 Å². The highest BCUT2D eigenvalue weighted by atomic mass is 15.3. The van der Waals surface area contributed by atoms with Crippen molar-refractivity contribution in [3.05, 3.63) is 152 Å². The Balaban J connectivity index is 1.38. The minimum absolute atomic E-state index is 0.901. The van der Waals surface area contributed by atoms with E-state index in [1.54, 1.807) is 0 Å². The molecule has 0 saturated carbocycles. The first-order valence-electron chi connectivity index (χ1n) is 14.9. The van der Waals surface area contributed by atoms with Gasteiger partial charge in [0.1, 0.15) is 5.52 Å². The third-order valence-corrected chi connectivity index (χ3v) is 8.95. The molecule has 0 bridgehead atoms. The van der Waals surface area contributed by atoms with Gasteiger partial charge in [0.15, 0.2) is 5.65 Å². The lowest BCUT2D eigenvalue weighted by molar-refractivity contribution is 1.09. The van der Waals surface area contributed by atoms with Gasteiger partial charge in [-0.25, -0.2) is 4.98 Å². The molecule has 0 aliphatic heterocycles. The highest BCUT2D eigenvalue weighted by Gasteiger charge is 2.25. The van der Waals surface area contributed by atoms with E-state index in [0.29, 0.717) is 0 Å². The van der Waals surface area contributed by atoms with Crippen LogP contribution >= 0.6 is 0 Å². The number of para-hydroxylation sites is 6. The Kier molecular flexibility index (Phi) is 4.66. The van der Waals surface area contributed by atoms with Crippen molar-refractivity contribution in [2.75, 3.05) is 0 Å². The molecule has 4 heterocycles. The van der Waals surface area contributed by atoms with E-state index >= 15 is 0 Å². The highest BCUT2D eigenvalue weighted by molar-refractivity contribution is 6.12. The minimum atomic E-state index is 0.901. The average Bonchev–Trinajstić information content (AvgIpc) is 3.80. The van der Waals surface area contributed by atoms with Crippen LogP contribution in [0.15, 0.2) is 152 Å². The first-order valence-corrected chi connectivity index (χ1v) is 14.9. The summed E-state index contributed by atoms with van der Waals surface area (Å²) in [6.45, 7) is 0. The van der Waals surface area contributed by atoms with Gasteiger partial charge in [0, 0.05) is 27.5 Å². The molecule has 0 radical (unpaired) electrons. The van der Waals surface area contributed by atoms with Gasteiger partial charge >= 0.3 is 0 Å².